The molecule has 2 aromatic heterocycles. The topological polar surface area (TPSA) is 190 Å². The van der Waals surface area contributed by atoms with Crippen molar-refractivity contribution in [3.63, 3.8) is 0 Å². The Morgan fingerprint density at radius 1 is 0.581 bits per heavy atom. The molecule has 7 N–H and O–H groups in total. The number of benzene rings is 5. The fraction of sp³-hybridized carbons (Fsp3) is 0.433. The van der Waals surface area contributed by atoms with E-state index in [1.54, 1.807) is 4.57 Å². The summed E-state index contributed by atoms with van der Waals surface area (Å²) in [6.07, 6.45) is -16.2. The summed E-state index contributed by atoms with van der Waals surface area (Å²) in [4.78, 5) is 25.1. The molecule has 5 aromatic carbocycles. The monoisotopic (exact) mass is 1220 g/mol. The van der Waals surface area contributed by atoms with E-state index >= 15 is 0 Å². The molecule has 2 fully saturated rings. The molecule has 0 amide bonds. The summed E-state index contributed by atoms with van der Waals surface area (Å²) in [7, 11) is 0. The van der Waals surface area contributed by atoms with Gasteiger partial charge >= 0.3 is 36.1 Å². The van der Waals surface area contributed by atoms with Crippen LogP contribution < -0.4 is 27.7 Å². The first-order valence-corrected chi connectivity index (χ1v) is 27.1. The summed E-state index contributed by atoms with van der Waals surface area (Å²) < 4.78 is 176. The number of H-pyrrole nitrogens is 2. The normalized spacial score (nSPS) is 21.9. The molecule has 9 rings (SSSR count). The summed E-state index contributed by atoms with van der Waals surface area (Å²) in [5.74, 6) is 0. The van der Waals surface area contributed by atoms with Crippen molar-refractivity contribution in [3.8, 4) is 0 Å². The van der Waals surface area contributed by atoms with Crippen LogP contribution in [0.3, 0.4) is 0 Å². The molecule has 2 aliphatic rings. The number of nitrogens with one attached hydrogen (secondary N) is 4. The van der Waals surface area contributed by atoms with E-state index < -0.39 is 86.9 Å². The standard InChI is InChI=1S/C34H36F6N4O3.C25H27F6N5O2.CH4/c1-23(26-15-28(33(35,36)37)17-29(16-26)34(38,39)40)47-21-31(27-5-3-2-4-6-27)11-13-32(14-12-31,44-22-42-43-30(44)46)20-41-18-24-7-9-25(19-45)10-8-24;1-16(17-9-19(24(26,27)28)11-20(10-17)25(29,30)31)38-14-23(18-5-3-2-4-6-18)8-7-22(12-32,13-33-23)36-15-34-35-21(36)37;/h2-10,15-17,22-23,41,45H,11-14,18-21H2,1H3,(H,43,46);2-6,9-11,15-16,33H,7-8,12-14,32H2,1H3,(H,35,37);1H4/t23-,31?,32?;16-,22-,23-;/m11./s1. The minimum atomic E-state index is -4.96. The second-order valence-electron chi connectivity index (χ2n) is 21.8. The number of ether oxygens (including phenoxy) is 2. The number of aromatic nitrogens is 6. The van der Waals surface area contributed by atoms with Gasteiger partial charge in [-0.25, -0.2) is 19.8 Å². The Morgan fingerprint density at radius 2 is 1.00 bits per heavy atom. The fourth-order valence-electron chi connectivity index (χ4n) is 11.2. The minimum absolute atomic E-state index is 0. The average Bonchev–Trinajstić information content (AvgIpc) is 1.79. The molecule has 0 radical (unpaired) electrons. The van der Waals surface area contributed by atoms with Gasteiger partial charge in [0.15, 0.2) is 0 Å². The third kappa shape index (κ3) is 15.2. The third-order valence-electron chi connectivity index (χ3n) is 16.5. The van der Waals surface area contributed by atoms with Gasteiger partial charge in [-0.1, -0.05) is 92.4 Å². The van der Waals surface area contributed by atoms with Crippen LogP contribution in [-0.4, -0.2) is 67.5 Å². The van der Waals surface area contributed by atoms with Gasteiger partial charge in [-0.05, 0) is 122 Å². The summed E-state index contributed by atoms with van der Waals surface area (Å²) in [5.41, 5.74) is -0.118. The van der Waals surface area contributed by atoms with Gasteiger partial charge in [0.2, 0.25) is 0 Å². The zero-order valence-corrected chi connectivity index (χ0v) is 46.0. The molecule has 0 spiro atoms. The molecule has 0 unspecified atom stereocenters. The number of aliphatic hydroxyl groups is 1. The van der Waals surface area contributed by atoms with Crippen LogP contribution in [0.2, 0.25) is 0 Å². The molecule has 466 valence electrons. The van der Waals surface area contributed by atoms with Crippen molar-refractivity contribution >= 4 is 0 Å². The molecule has 14 nitrogen and oxygen atoms in total. The van der Waals surface area contributed by atoms with E-state index in [9.17, 15) is 67.4 Å². The van der Waals surface area contributed by atoms with Gasteiger partial charge in [-0.2, -0.15) is 62.9 Å². The molecule has 7 aromatic rings. The van der Waals surface area contributed by atoms with Gasteiger partial charge in [0.05, 0.1) is 70.9 Å². The minimum Gasteiger partial charge on any atom is -0.392 e. The highest BCUT2D eigenvalue weighted by molar-refractivity contribution is 5.37. The van der Waals surface area contributed by atoms with Crippen LogP contribution in [0.4, 0.5) is 52.7 Å². The van der Waals surface area contributed by atoms with E-state index in [0.717, 1.165) is 22.3 Å². The van der Waals surface area contributed by atoms with E-state index in [0.29, 0.717) is 75.9 Å². The van der Waals surface area contributed by atoms with Gasteiger partial charge < -0.3 is 30.9 Å². The molecule has 1 aliphatic heterocycles. The van der Waals surface area contributed by atoms with E-state index in [-0.39, 0.29) is 69.3 Å². The first kappa shape index (κ1) is 66.4. The maximum absolute atomic E-state index is 13.5. The van der Waals surface area contributed by atoms with Gasteiger partial charge in [-0.15, -0.1) is 0 Å². The number of aromatic amines is 2. The Morgan fingerprint density at radius 3 is 1.40 bits per heavy atom. The molecule has 1 aliphatic carbocycles. The second-order valence-corrected chi connectivity index (χ2v) is 21.8. The zero-order valence-electron chi connectivity index (χ0n) is 46.0. The second kappa shape index (κ2) is 26.5. The van der Waals surface area contributed by atoms with E-state index in [1.165, 1.54) is 31.1 Å². The quantitative estimate of drug-likeness (QED) is 0.0451. The third-order valence-corrected chi connectivity index (χ3v) is 16.5. The average molecular weight is 1220 g/mol. The molecule has 1 saturated heterocycles. The molecule has 4 atom stereocenters. The Hall–Kier alpha value is -7.10. The number of hydrogen-bond acceptors (Lipinski definition) is 10. The lowest BCUT2D eigenvalue weighted by molar-refractivity contribution is -0.145. The van der Waals surface area contributed by atoms with Crippen molar-refractivity contribution in [3.05, 3.63) is 211 Å². The number of halogens is 12. The Balaban J connectivity index is 0.000000249. The van der Waals surface area contributed by atoms with Crippen LogP contribution >= 0.6 is 0 Å². The van der Waals surface area contributed by atoms with E-state index in [4.69, 9.17) is 15.2 Å². The number of nitrogens with zero attached hydrogens (tertiary/aromatic N) is 4. The Kier molecular flexibility index (Phi) is 20.5. The first-order valence-electron chi connectivity index (χ1n) is 27.1. The number of aliphatic hydroxyl groups excluding tert-OH is 1. The lowest BCUT2D eigenvalue weighted by atomic mass is 9.64. The van der Waals surface area contributed by atoms with Crippen LogP contribution in [-0.2, 0) is 69.4 Å². The molecular formula is C60H67F12N9O5. The van der Waals surface area contributed by atoms with Crippen molar-refractivity contribution in [1.29, 1.82) is 0 Å². The molecule has 86 heavy (non-hydrogen) atoms. The van der Waals surface area contributed by atoms with Crippen LogP contribution in [0.1, 0.15) is 128 Å². The first-order chi connectivity index (χ1) is 40.0. The van der Waals surface area contributed by atoms with Crippen molar-refractivity contribution in [1.82, 2.24) is 40.2 Å². The number of nitrogens with two attached hydrogens (primary N) is 1. The van der Waals surface area contributed by atoms with Crippen LogP contribution in [0.15, 0.2) is 144 Å². The summed E-state index contributed by atoms with van der Waals surface area (Å²) in [6, 6.07) is 29.1. The fourth-order valence-corrected chi connectivity index (χ4v) is 11.2. The maximum Gasteiger partial charge on any atom is 0.416 e. The molecular weight excluding hydrogens is 1150 g/mol. The van der Waals surface area contributed by atoms with Crippen LogP contribution in [0.5, 0.6) is 0 Å². The largest absolute Gasteiger partial charge is 0.416 e. The molecule has 0 bridgehead atoms. The van der Waals surface area contributed by atoms with Gasteiger partial charge in [0.25, 0.3) is 0 Å². The predicted octanol–water partition coefficient (Wildman–Crippen LogP) is 11.8. The van der Waals surface area contributed by atoms with Crippen LogP contribution in [0.25, 0.3) is 0 Å². The highest BCUT2D eigenvalue weighted by atomic mass is 19.4. The van der Waals surface area contributed by atoms with Gasteiger partial charge in [0.1, 0.15) is 12.7 Å². The zero-order chi connectivity index (χ0) is 61.6. The highest BCUT2D eigenvalue weighted by Gasteiger charge is 2.48. The smallest absolute Gasteiger partial charge is 0.392 e. The van der Waals surface area contributed by atoms with Gasteiger partial charge in [0, 0.05) is 31.6 Å². The van der Waals surface area contributed by atoms with Crippen molar-refractivity contribution < 1.29 is 67.3 Å². The maximum atomic E-state index is 13.5. The van der Waals surface area contributed by atoms with Crippen molar-refractivity contribution in [2.75, 3.05) is 32.8 Å². The number of alkyl halides is 12. The number of piperidine rings is 1. The van der Waals surface area contributed by atoms with E-state index in [1.807, 2.05) is 84.9 Å². The lowest BCUT2D eigenvalue weighted by Gasteiger charge is -2.47. The van der Waals surface area contributed by atoms with Crippen LogP contribution in [0, 0.1) is 0 Å². The summed E-state index contributed by atoms with van der Waals surface area (Å²) in [6.45, 7) is 4.11. The molecule has 3 heterocycles. The predicted molar refractivity (Wildman–Crippen MR) is 295 cm³/mol. The molecule has 1 saturated carbocycles. The van der Waals surface area contributed by atoms with Gasteiger partial charge in [-0.3, -0.25) is 9.13 Å². The number of hydrogen-bond donors (Lipinski definition) is 6. The number of rotatable bonds is 18. The van der Waals surface area contributed by atoms with Crippen molar-refractivity contribution in [2.45, 2.75) is 132 Å². The lowest BCUT2D eigenvalue weighted by Crippen LogP contribution is -2.62. The summed E-state index contributed by atoms with van der Waals surface area (Å²) >= 11 is 0. The Labute approximate surface area is 487 Å². The summed E-state index contributed by atoms with van der Waals surface area (Å²) in [5, 5.41) is 28.8. The van der Waals surface area contributed by atoms with E-state index in [2.05, 4.69) is 31.0 Å². The van der Waals surface area contributed by atoms with Crippen molar-refractivity contribution in [2.24, 2.45) is 5.73 Å². The Bertz CT molecular complexity index is 3350. The highest BCUT2D eigenvalue weighted by Crippen LogP contribution is 2.48. The molecule has 26 heteroatoms. The SMILES string of the molecule is C.C[C@@H](OCC1(c2ccccc2)CCC(CNCc2ccc(CO)cc2)(n2cn[nH]c2=O)CC1)c1cc(C(F)(F)F)cc(C(F)(F)F)c1.C[C@@H](OC[C@@]1(c2ccccc2)CC[C@](CN)(n2cn[nH]c2=O)CN1)c1cc(C(F)(F)F)cc(C(F)(F)F)c1.